The van der Waals surface area contributed by atoms with E-state index in [1.807, 2.05) is 36.4 Å². The summed E-state index contributed by atoms with van der Waals surface area (Å²) in [5.41, 5.74) is 3.13. The fourth-order valence-corrected chi connectivity index (χ4v) is 3.51. The van der Waals surface area contributed by atoms with Crippen molar-refractivity contribution in [1.82, 2.24) is 4.31 Å². The average Bonchev–Trinajstić information content (AvgIpc) is 2.65. The van der Waals surface area contributed by atoms with Crippen LogP contribution in [0.4, 0.5) is 0 Å². The van der Waals surface area contributed by atoms with E-state index < -0.39 is 16.1 Å². The summed E-state index contributed by atoms with van der Waals surface area (Å²) in [5.74, 6) is 0. The van der Waals surface area contributed by atoms with E-state index in [1.54, 1.807) is 18.2 Å². The minimum atomic E-state index is -3.52. The van der Waals surface area contributed by atoms with Gasteiger partial charge in [-0.05, 0) is 34.4 Å². The van der Waals surface area contributed by atoms with Crippen molar-refractivity contribution in [3.63, 3.8) is 0 Å². The van der Waals surface area contributed by atoms with Gasteiger partial charge in [-0.1, -0.05) is 42.5 Å². The fraction of sp³-hybridized carbons (Fsp3) is 0.176. The molecular formula is C17H17NO3S. The van der Waals surface area contributed by atoms with Gasteiger partial charge >= 0.3 is 0 Å². The molecule has 0 bridgehead atoms. The van der Waals surface area contributed by atoms with E-state index in [0.29, 0.717) is 5.56 Å². The lowest BCUT2D eigenvalue weighted by Crippen LogP contribution is -2.22. The smallest absolute Gasteiger partial charge is 0.242 e. The molecule has 3 rings (SSSR count). The van der Waals surface area contributed by atoms with Crippen LogP contribution in [0.3, 0.4) is 0 Å². The SMILES string of the molecule is CN(C)S(=O)(=O)c1ccc2c(c1)[C@@H](O)c1ccccc1C=C2. The standard InChI is InChI=1S/C17H17NO3S/c1-18(2)22(20,21)14-10-9-13-8-7-12-5-3-4-6-15(12)17(19)16(13)11-14/h3-11,17,19H,1-2H3/t17-/m0/s1. The lowest BCUT2D eigenvalue weighted by molar-refractivity contribution is 0.220. The maximum Gasteiger partial charge on any atom is 0.242 e. The Morgan fingerprint density at radius 3 is 2.27 bits per heavy atom. The van der Waals surface area contributed by atoms with Crippen molar-refractivity contribution in [1.29, 1.82) is 0 Å². The van der Waals surface area contributed by atoms with Crippen LogP contribution in [0.15, 0.2) is 47.4 Å². The Morgan fingerprint density at radius 1 is 0.955 bits per heavy atom. The van der Waals surface area contributed by atoms with Crippen molar-refractivity contribution in [2.24, 2.45) is 0 Å². The van der Waals surface area contributed by atoms with Crippen molar-refractivity contribution >= 4 is 22.2 Å². The van der Waals surface area contributed by atoms with Crippen molar-refractivity contribution in [3.05, 3.63) is 64.7 Å². The fourth-order valence-electron chi connectivity index (χ4n) is 2.57. The van der Waals surface area contributed by atoms with Gasteiger partial charge in [0.15, 0.2) is 0 Å². The second-order valence-electron chi connectivity index (χ2n) is 5.44. The largest absolute Gasteiger partial charge is 0.384 e. The lowest BCUT2D eigenvalue weighted by atomic mass is 9.97. The molecule has 1 N–H and O–H groups in total. The van der Waals surface area contributed by atoms with Crippen LogP contribution in [0.5, 0.6) is 0 Å². The molecule has 1 aliphatic carbocycles. The van der Waals surface area contributed by atoms with Crippen LogP contribution in [0, 0.1) is 0 Å². The minimum absolute atomic E-state index is 0.183. The van der Waals surface area contributed by atoms with Gasteiger partial charge in [0, 0.05) is 14.1 Å². The molecule has 0 saturated heterocycles. The molecule has 114 valence electrons. The maximum atomic E-state index is 12.3. The highest BCUT2D eigenvalue weighted by atomic mass is 32.2. The number of hydrogen-bond donors (Lipinski definition) is 1. The summed E-state index contributed by atoms with van der Waals surface area (Å²) in [6.07, 6.45) is 2.99. The quantitative estimate of drug-likeness (QED) is 0.926. The minimum Gasteiger partial charge on any atom is -0.384 e. The van der Waals surface area contributed by atoms with Gasteiger partial charge in [-0.3, -0.25) is 0 Å². The van der Waals surface area contributed by atoms with Crippen molar-refractivity contribution in [2.45, 2.75) is 11.0 Å². The molecule has 1 aliphatic rings. The Bertz CT molecular complexity index is 854. The van der Waals surface area contributed by atoms with E-state index >= 15 is 0 Å². The highest BCUT2D eigenvalue weighted by Crippen LogP contribution is 2.34. The third kappa shape index (κ3) is 2.37. The van der Waals surface area contributed by atoms with Gasteiger partial charge in [0.2, 0.25) is 10.0 Å². The Kier molecular flexibility index (Phi) is 3.64. The van der Waals surface area contributed by atoms with Gasteiger partial charge in [-0.25, -0.2) is 12.7 Å². The molecule has 4 nitrogen and oxygen atoms in total. The predicted molar refractivity (Wildman–Crippen MR) is 86.7 cm³/mol. The van der Waals surface area contributed by atoms with E-state index in [-0.39, 0.29) is 4.90 Å². The normalized spacial score (nSPS) is 17.0. The Balaban J connectivity index is 2.19. The summed E-state index contributed by atoms with van der Waals surface area (Å²) < 4.78 is 25.7. The molecule has 0 unspecified atom stereocenters. The second kappa shape index (κ2) is 5.35. The Morgan fingerprint density at radius 2 is 1.59 bits per heavy atom. The van der Waals surface area contributed by atoms with Crippen LogP contribution in [-0.4, -0.2) is 31.9 Å². The molecule has 1 atom stereocenters. The number of rotatable bonds is 2. The van der Waals surface area contributed by atoms with Crippen LogP contribution < -0.4 is 0 Å². The van der Waals surface area contributed by atoms with Gasteiger partial charge in [-0.15, -0.1) is 0 Å². The number of fused-ring (bicyclic) bond motifs is 2. The van der Waals surface area contributed by atoms with Gasteiger partial charge in [-0.2, -0.15) is 0 Å². The van der Waals surface area contributed by atoms with Gasteiger partial charge in [0.05, 0.1) is 4.90 Å². The van der Waals surface area contributed by atoms with Gasteiger partial charge in [0.25, 0.3) is 0 Å². The molecule has 5 heteroatoms. The van der Waals surface area contributed by atoms with Crippen molar-refractivity contribution < 1.29 is 13.5 Å². The second-order valence-corrected chi connectivity index (χ2v) is 7.59. The lowest BCUT2D eigenvalue weighted by Gasteiger charge is -2.17. The van der Waals surface area contributed by atoms with Gasteiger partial charge < -0.3 is 5.11 Å². The molecule has 0 aliphatic heterocycles. The molecule has 22 heavy (non-hydrogen) atoms. The first kappa shape index (κ1) is 15.0. The topological polar surface area (TPSA) is 57.6 Å². The van der Waals surface area contributed by atoms with E-state index in [2.05, 4.69) is 0 Å². The molecule has 2 aromatic rings. The number of nitrogens with zero attached hydrogens (tertiary/aromatic N) is 1. The number of hydrogen-bond acceptors (Lipinski definition) is 3. The number of aliphatic hydroxyl groups excluding tert-OH is 1. The van der Waals surface area contributed by atoms with Crippen LogP contribution in [0.2, 0.25) is 0 Å². The van der Waals surface area contributed by atoms with Crippen LogP contribution in [-0.2, 0) is 10.0 Å². The number of aliphatic hydroxyl groups is 1. The maximum absolute atomic E-state index is 12.3. The molecule has 0 amide bonds. The molecule has 0 heterocycles. The highest BCUT2D eigenvalue weighted by molar-refractivity contribution is 7.89. The highest BCUT2D eigenvalue weighted by Gasteiger charge is 2.23. The summed E-state index contributed by atoms with van der Waals surface area (Å²) in [5, 5.41) is 10.7. The summed E-state index contributed by atoms with van der Waals surface area (Å²) in [4.78, 5) is 0.183. The van der Waals surface area contributed by atoms with Gasteiger partial charge in [0.1, 0.15) is 6.10 Å². The van der Waals surface area contributed by atoms with Crippen LogP contribution in [0.25, 0.3) is 12.2 Å². The number of sulfonamides is 1. The van der Waals surface area contributed by atoms with Crippen molar-refractivity contribution in [2.75, 3.05) is 14.1 Å². The molecule has 2 aromatic carbocycles. The van der Waals surface area contributed by atoms with Crippen molar-refractivity contribution in [3.8, 4) is 0 Å². The molecule has 0 fully saturated rings. The van der Waals surface area contributed by atoms with Crippen LogP contribution in [0.1, 0.15) is 28.4 Å². The zero-order valence-corrected chi connectivity index (χ0v) is 13.2. The van der Waals surface area contributed by atoms with E-state index in [1.165, 1.54) is 18.4 Å². The monoisotopic (exact) mass is 315 g/mol. The first-order valence-corrected chi connectivity index (χ1v) is 8.37. The zero-order valence-electron chi connectivity index (χ0n) is 12.4. The predicted octanol–water partition coefficient (Wildman–Crippen LogP) is 2.50. The molecule has 0 aromatic heterocycles. The number of benzene rings is 2. The molecular weight excluding hydrogens is 298 g/mol. The molecule has 0 spiro atoms. The summed E-state index contributed by atoms with van der Waals surface area (Å²) in [7, 11) is -0.540. The summed E-state index contributed by atoms with van der Waals surface area (Å²) in [6.45, 7) is 0. The molecule has 0 radical (unpaired) electrons. The summed E-state index contributed by atoms with van der Waals surface area (Å²) in [6, 6.07) is 12.4. The molecule has 0 saturated carbocycles. The summed E-state index contributed by atoms with van der Waals surface area (Å²) >= 11 is 0. The van der Waals surface area contributed by atoms with Crippen LogP contribution >= 0.6 is 0 Å². The van der Waals surface area contributed by atoms with E-state index in [9.17, 15) is 13.5 Å². The first-order valence-electron chi connectivity index (χ1n) is 6.93. The van der Waals surface area contributed by atoms with E-state index in [4.69, 9.17) is 0 Å². The average molecular weight is 315 g/mol. The first-order chi connectivity index (χ1) is 10.4. The Labute approximate surface area is 130 Å². The Hall–Kier alpha value is -1.95. The third-order valence-electron chi connectivity index (χ3n) is 3.86. The third-order valence-corrected chi connectivity index (χ3v) is 5.68. The van der Waals surface area contributed by atoms with E-state index in [0.717, 1.165) is 16.7 Å². The zero-order chi connectivity index (χ0) is 15.9.